The zero-order valence-electron chi connectivity index (χ0n) is 9.15. The van der Waals surface area contributed by atoms with Crippen LogP contribution in [0.3, 0.4) is 0 Å². The molecule has 0 aliphatic carbocycles. The summed E-state index contributed by atoms with van der Waals surface area (Å²) in [6.45, 7) is 3.45. The zero-order chi connectivity index (χ0) is 11.1. The van der Waals surface area contributed by atoms with Crippen LogP contribution in [-0.4, -0.2) is 18.3 Å². The van der Waals surface area contributed by atoms with E-state index in [-0.39, 0.29) is 5.75 Å². The maximum Gasteiger partial charge on any atom is 0.119 e. The summed E-state index contributed by atoms with van der Waals surface area (Å²) in [5.74, 6) is 1.46. The van der Waals surface area contributed by atoms with Crippen molar-refractivity contribution in [1.29, 1.82) is 0 Å². The van der Waals surface area contributed by atoms with E-state index in [0.717, 1.165) is 18.6 Å². The molecule has 0 fully saturated rings. The minimum Gasteiger partial charge on any atom is -0.508 e. The van der Waals surface area contributed by atoms with Gasteiger partial charge in [0.05, 0.1) is 6.61 Å². The SMILES string of the molecule is CCCC(CN)COc1ccc(O)cc1. The van der Waals surface area contributed by atoms with E-state index in [4.69, 9.17) is 15.6 Å². The quantitative estimate of drug-likeness (QED) is 0.754. The van der Waals surface area contributed by atoms with Gasteiger partial charge in [-0.15, -0.1) is 0 Å². The highest BCUT2D eigenvalue weighted by atomic mass is 16.5. The van der Waals surface area contributed by atoms with E-state index in [2.05, 4.69) is 6.92 Å². The van der Waals surface area contributed by atoms with Gasteiger partial charge in [0.15, 0.2) is 0 Å². The third kappa shape index (κ3) is 4.21. The van der Waals surface area contributed by atoms with Gasteiger partial charge in [-0.3, -0.25) is 0 Å². The van der Waals surface area contributed by atoms with Crippen LogP contribution in [0, 0.1) is 5.92 Å². The molecule has 0 saturated heterocycles. The first-order chi connectivity index (χ1) is 7.26. The predicted octanol–water partition coefficient (Wildman–Crippen LogP) is 2.15. The number of rotatable bonds is 6. The van der Waals surface area contributed by atoms with Crippen LogP contribution in [0.2, 0.25) is 0 Å². The maximum atomic E-state index is 9.09. The van der Waals surface area contributed by atoms with Crippen LogP contribution in [0.5, 0.6) is 11.5 Å². The lowest BCUT2D eigenvalue weighted by Gasteiger charge is -2.14. The van der Waals surface area contributed by atoms with Gasteiger partial charge in [0.2, 0.25) is 0 Å². The molecule has 84 valence electrons. The topological polar surface area (TPSA) is 55.5 Å². The van der Waals surface area contributed by atoms with Crippen LogP contribution in [0.25, 0.3) is 0 Å². The van der Waals surface area contributed by atoms with E-state index in [9.17, 15) is 0 Å². The van der Waals surface area contributed by atoms with E-state index in [0.29, 0.717) is 19.1 Å². The first-order valence-corrected chi connectivity index (χ1v) is 5.38. The highest BCUT2D eigenvalue weighted by molar-refractivity contribution is 5.30. The Hall–Kier alpha value is -1.22. The summed E-state index contributed by atoms with van der Waals surface area (Å²) in [6, 6.07) is 6.75. The van der Waals surface area contributed by atoms with Crippen molar-refractivity contribution >= 4 is 0 Å². The van der Waals surface area contributed by atoms with Crippen molar-refractivity contribution in [2.45, 2.75) is 19.8 Å². The van der Waals surface area contributed by atoms with E-state index < -0.39 is 0 Å². The van der Waals surface area contributed by atoms with Gasteiger partial charge >= 0.3 is 0 Å². The van der Waals surface area contributed by atoms with Gasteiger partial charge in [0.1, 0.15) is 11.5 Å². The Morgan fingerprint density at radius 1 is 1.33 bits per heavy atom. The van der Waals surface area contributed by atoms with Gasteiger partial charge in [0, 0.05) is 5.92 Å². The lowest BCUT2D eigenvalue weighted by molar-refractivity contribution is 0.243. The number of phenols is 1. The minimum absolute atomic E-state index is 0.256. The first kappa shape index (κ1) is 11.9. The number of aromatic hydroxyl groups is 1. The normalized spacial score (nSPS) is 12.4. The van der Waals surface area contributed by atoms with E-state index in [1.54, 1.807) is 24.3 Å². The predicted molar refractivity (Wildman–Crippen MR) is 61.1 cm³/mol. The minimum atomic E-state index is 0.256. The Bertz CT molecular complexity index is 271. The first-order valence-electron chi connectivity index (χ1n) is 5.38. The summed E-state index contributed by atoms with van der Waals surface area (Å²) < 4.78 is 5.58. The molecular formula is C12H19NO2. The van der Waals surface area contributed by atoms with Gasteiger partial charge in [0.25, 0.3) is 0 Å². The number of hydrogen-bond donors (Lipinski definition) is 2. The average Bonchev–Trinajstić information content (AvgIpc) is 2.26. The molecule has 1 aromatic rings. The summed E-state index contributed by atoms with van der Waals surface area (Å²) in [5, 5.41) is 9.09. The molecule has 1 atom stereocenters. The van der Waals surface area contributed by atoms with Crippen molar-refractivity contribution in [2.75, 3.05) is 13.2 Å². The fourth-order valence-electron chi connectivity index (χ4n) is 1.43. The molecule has 0 saturated carbocycles. The second kappa shape index (κ2) is 6.30. The van der Waals surface area contributed by atoms with Crippen molar-refractivity contribution in [3.63, 3.8) is 0 Å². The molecule has 0 spiro atoms. The maximum absolute atomic E-state index is 9.09. The third-order valence-electron chi connectivity index (χ3n) is 2.35. The third-order valence-corrected chi connectivity index (χ3v) is 2.35. The summed E-state index contributed by atoms with van der Waals surface area (Å²) in [5.41, 5.74) is 5.63. The highest BCUT2D eigenvalue weighted by Crippen LogP contribution is 2.17. The Morgan fingerprint density at radius 3 is 2.53 bits per heavy atom. The van der Waals surface area contributed by atoms with Gasteiger partial charge in [-0.25, -0.2) is 0 Å². The van der Waals surface area contributed by atoms with E-state index in [1.807, 2.05) is 0 Å². The summed E-state index contributed by atoms with van der Waals surface area (Å²) in [4.78, 5) is 0. The Kier molecular flexibility index (Phi) is 4.98. The van der Waals surface area contributed by atoms with Crippen molar-refractivity contribution in [3.8, 4) is 11.5 Å². The Morgan fingerprint density at radius 2 is 2.00 bits per heavy atom. The fourth-order valence-corrected chi connectivity index (χ4v) is 1.43. The molecule has 3 heteroatoms. The van der Waals surface area contributed by atoms with Crippen molar-refractivity contribution in [1.82, 2.24) is 0 Å². The summed E-state index contributed by atoms with van der Waals surface area (Å²) in [7, 11) is 0. The molecule has 3 nitrogen and oxygen atoms in total. The smallest absolute Gasteiger partial charge is 0.119 e. The van der Waals surface area contributed by atoms with Crippen LogP contribution < -0.4 is 10.5 Å². The average molecular weight is 209 g/mol. The second-order valence-electron chi connectivity index (χ2n) is 3.70. The number of ether oxygens (including phenoxy) is 1. The molecule has 0 aliphatic heterocycles. The summed E-state index contributed by atoms with van der Waals surface area (Å²) in [6.07, 6.45) is 2.22. The molecule has 0 aliphatic rings. The fraction of sp³-hybridized carbons (Fsp3) is 0.500. The van der Waals surface area contributed by atoms with Crippen molar-refractivity contribution < 1.29 is 9.84 Å². The Labute approximate surface area is 90.9 Å². The van der Waals surface area contributed by atoms with Gasteiger partial charge in [-0.05, 0) is 37.2 Å². The molecule has 0 amide bonds. The molecule has 15 heavy (non-hydrogen) atoms. The summed E-state index contributed by atoms with van der Waals surface area (Å²) >= 11 is 0. The van der Waals surface area contributed by atoms with Gasteiger partial charge < -0.3 is 15.6 Å². The largest absolute Gasteiger partial charge is 0.508 e. The lowest BCUT2D eigenvalue weighted by Crippen LogP contribution is -2.21. The molecule has 0 radical (unpaired) electrons. The van der Waals surface area contributed by atoms with Crippen LogP contribution in [0.15, 0.2) is 24.3 Å². The molecule has 1 unspecified atom stereocenters. The molecule has 3 N–H and O–H groups in total. The van der Waals surface area contributed by atoms with Crippen LogP contribution in [0.1, 0.15) is 19.8 Å². The molecule has 1 aromatic carbocycles. The number of hydrogen-bond acceptors (Lipinski definition) is 3. The van der Waals surface area contributed by atoms with Gasteiger partial charge in [-0.2, -0.15) is 0 Å². The standard InChI is InChI=1S/C12H19NO2/c1-2-3-10(8-13)9-15-12-6-4-11(14)5-7-12/h4-7,10,14H,2-3,8-9,13H2,1H3. The second-order valence-corrected chi connectivity index (χ2v) is 3.70. The number of benzene rings is 1. The van der Waals surface area contributed by atoms with Crippen LogP contribution in [-0.2, 0) is 0 Å². The lowest BCUT2D eigenvalue weighted by atomic mass is 10.1. The molecule has 1 rings (SSSR count). The number of phenolic OH excluding ortho intramolecular Hbond substituents is 1. The Balaban J connectivity index is 2.38. The van der Waals surface area contributed by atoms with E-state index >= 15 is 0 Å². The van der Waals surface area contributed by atoms with E-state index in [1.165, 1.54) is 0 Å². The molecular weight excluding hydrogens is 190 g/mol. The van der Waals surface area contributed by atoms with Crippen LogP contribution in [0.4, 0.5) is 0 Å². The van der Waals surface area contributed by atoms with Crippen LogP contribution >= 0.6 is 0 Å². The van der Waals surface area contributed by atoms with Crippen molar-refractivity contribution in [3.05, 3.63) is 24.3 Å². The molecule has 0 heterocycles. The van der Waals surface area contributed by atoms with Gasteiger partial charge in [-0.1, -0.05) is 13.3 Å². The van der Waals surface area contributed by atoms with Crippen molar-refractivity contribution in [2.24, 2.45) is 11.7 Å². The zero-order valence-corrected chi connectivity index (χ0v) is 9.15. The molecule has 0 aromatic heterocycles. The molecule has 0 bridgehead atoms. The monoisotopic (exact) mass is 209 g/mol. The number of nitrogens with two attached hydrogens (primary N) is 1. The highest BCUT2D eigenvalue weighted by Gasteiger charge is 2.06.